The van der Waals surface area contributed by atoms with Crippen LogP contribution in [0.4, 0.5) is 11.4 Å². The van der Waals surface area contributed by atoms with Crippen molar-refractivity contribution < 1.29 is 17.9 Å². The molecule has 0 aromatic heterocycles. The van der Waals surface area contributed by atoms with E-state index in [0.29, 0.717) is 23.0 Å². The highest BCUT2D eigenvalue weighted by Crippen LogP contribution is 2.34. The van der Waals surface area contributed by atoms with Crippen LogP contribution in [0.25, 0.3) is 0 Å². The molecular formula is C20H24N2O4S. The molecule has 1 N–H and O–H groups in total. The van der Waals surface area contributed by atoms with E-state index >= 15 is 0 Å². The van der Waals surface area contributed by atoms with Gasteiger partial charge >= 0.3 is 0 Å². The first-order valence-corrected chi connectivity index (χ1v) is 10.7. The minimum Gasteiger partial charge on any atom is -0.478 e. The number of sulfonamides is 1. The largest absolute Gasteiger partial charge is 0.478 e. The molecule has 1 heterocycles. The Hall–Kier alpha value is -2.54. The molecule has 1 atom stereocenters. The van der Waals surface area contributed by atoms with Crippen LogP contribution in [0.3, 0.4) is 0 Å². The third-order valence-corrected chi connectivity index (χ3v) is 5.72. The Balaban J connectivity index is 1.79. The molecule has 144 valence electrons. The van der Waals surface area contributed by atoms with Gasteiger partial charge in [0.15, 0.2) is 6.10 Å². The Kier molecular flexibility index (Phi) is 5.41. The summed E-state index contributed by atoms with van der Waals surface area (Å²) in [5, 5.41) is 2.86. The second-order valence-corrected chi connectivity index (χ2v) is 8.87. The molecule has 7 heteroatoms. The number of ether oxygens (including phenoxy) is 1. The van der Waals surface area contributed by atoms with Gasteiger partial charge in [-0.25, -0.2) is 8.42 Å². The van der Waals surface area contributed by atoms with Gasteiger partial charge in [-0.1, -0.05) is 38.1 Å². The zero-order chi connectivity index (χ0) is 19.6. The highest BCUT2D eigenvalue weighted by atomic mass is 32.2. The molecule has 0 saturated carbocycles. The number of anilines is 2. The van der Waals surface area contributed by atoms with Gasteiger partial charge in [-0.2, -0.15) is 0 Å². The van der Waals surface area contributed by atoms with Gasteiger partial charge in [0.2, 0.25) is 10.0 Å². The molecule has 0 fully saturated rings. The fraction of sp³-hybridized carbons (Fsp3) is 0.350. The molecule has 0 aliphatic carbocycles. The zero-order valence-electron chi connectivity index (χ0n) is 15.7. The Labute approximate surface area is 160 Å². The molecule has 0 bridgehead atoms. The minimum atomic E-state index is -3.46. The molecule has 0 spiro atoms. The van der Waals surface area contributed by atoms with Gasteiger partial charge in [0.05, 0.1) is 11.9 Å². The Morgan fingerprint density at radius 2 is 1.81 bits per heavy atom. The fourth-order valence-corrected chi connectivity index (χ4v) is 3.98. The quantitative estimate of drug-likeness (QED) is 0.871. The number of carbonyl (C=O) groups is 1. The summed E-state index contributed by atoms with van der Waals surface area (Å²) in [6.45, 7) is 4.40. The predicted molar refractivity (Wildman–Crippen MR) is 107 cm³/mol. The number of hydrogen-bond acceptors (Lipinski definition) is 4. The molecule has 0 saturated heterocycles. The number of para-hydroxylation sites is 2. The number of amides is 1. The van der Waals surface area contributed by atoms with Gasteiger partial charge in [0.25, 0.3) is 5.91 Å². The summed E-state index contributed by atoms with van der Waals surface area (Å²) < 4.78 is 31.4. The lowest BCUT2D eigenvalue weighted by Gasteiger charge is -2.20. The first kappa shape index (κ1) is 19.2. The number of rotatable bonds is 4. The van der Waals surface area contributed by atoms with Crippen LogP contribution in [0, 0.1) is 0 Å². The first-order chi connectivity index (χ1) is 12.8. The van der Waals surface area contributed by atoms with E-state index in [2.05, 4.69) is 19.2 Å². The van der Waals surface area contributed by atoms with E-state index in [1.807, 2.05) is 24.3 Å². The van der Waals surface area contributed by atoms with Crippen LogP contribution in [0.1, 0.15) is 31.7 Å². The van der Waals surface area contributed by atoms with Crippen LogP contribution in [0.15, 0.2) is 48.5 Å². The molecule has 1 aliphatic heterocycles. The van der Waals surface area contributed by atoms with Crippen LogP contribution in [0.5, 0.6) is 5.75 Å². The highest BCUT2D eigenvalue weighted by molar-refractivity contribution is 7.92. The second-order valence-electron chi connectivity index (χ2n) is 6.96. The fourth-order valence-electron chi connectivity index (χ4n) is 3.03. The highest BCUT2D eigenvalue weighted by Gasteiger charge is 2.31. The van der Waals surface area contributed by atoms with E-state index in [0.717, 1.165) is 6.26 Å². The van der Waals surface area contributed by atoms with Gasteiger partial charge in [0, 0.05) is 18.7 Å². The van der Waals surface area contributed by atoms with Crippen molar-refractivity contribution in [1.82, 2.24) is 0 Å². The number of hydrogen-bond donors (Lipinski definition) is 1. The summed E-state index contributed by atoms with van der Waals surface area (Å²) >= 11 is 0. The van der Waals surface area contributed by atoms with Crippen molar-refractivity contribution in [1.29, 1.82) is 0 Å². The third-order valence-electron chi connectivity index (χ3n) is 4.54. The van der Waals surface area contributed by atoms with E-state index in [1.165, 1.54) is 9.87 Å². The molecular weight excluding hydrogens is 364 g/mol. The summed E-state index contributed by atoms with van der Waals surface area (Å²) in [6.07, 6.45) is 0.639. The monoisotopic (exact) mass is 388 g/mol. The molecule has 2 aromatic rings. The summed E-state index contributed by atoms with van der Waals surface area (Å²) in [6, 6.07) is 14.5. The van der Waals surface area contributed by atoms with Gasteiger partial charge in [-0.3, -0.25) is 9.10 Å². The summed E-state index contributed by atoms with van der Waals surface area (Å²) in [5.41, 5.74) is 2.33. The predicted octanol–water partition coefficient (Wildman–Crippen LogP) is 3.37. The second kappa shape index (κ2) is 7.60. The van der Waals surface area contributed by atoms with Crippen LogP contribution in [-0.2, 0) is 14.8 Å². The van der Waals surface area contributed by atoms with Gasteiger partial charge in [-0.05, 0) is 35.7 Å². The van der Waals surface area contributed by atoms with Crippen LogP contribution in [-0.4, -0.2) is 33.2 Å². The molecule has 6 nitrogen and oxygen atoms in total. The van der Waals surface area contributed by atoms with Crippen LogP contribution < -0.4 is 14.4 Å². The lowest BCUT2D eigenvalue weighted by atomic mass is 10.0. The lowest BCUT2D eigenvalue weighted by molar-refractivity contribution is -0.122. The van der Waals surface area contributed by atoms with Crippen molar-refractivity contribution in [3.63, 3.8) is 0 Å². The number of benzene rings is 2. The lowest BCUT2D eigenvalue weighted by Crippen LogP contribution is -2.35. The zero-order valence-corrected chi connectivity index (χ0v) is 16.5. The Morgan fingerprint density at radius 3 is 2.44 bits per heavy atom. The maximum absolute atomic E-state index is 12.7. The number of nitrogens with zero attached hydrogens (tertiary/aromatic N) is 1. The summed E-state index contributed by atoms with van der Waals surface area (Å²) in [7, 11) is -3.46. The molecule has 27 heavy (non-hydrogen) atoms. The normalized spacial score (nSPS) is 17.0. The van der Waals surface area contributed by atoms with Crippen molar-refractivity contribution >= 4 is 27.3 Å². The number of carbonyl (C=O) groups excluding carboxylic acids is 1. The number of nitrogens with one attached hydrogen (secondary N) is 1. The third kappa shape index (κ3) is 4.42. The molecule has 0 unspecified atom stereocenters. The van der Waals surface area contributed by atoms with Gasteiger partial charge < -0.3 is 10.1 Å². The minimum absolute atomic E-state index is 0.181. The molecule has 2 aromatic carbocycles. The molecule has 0 radical (unpaired) electrons. The van der Waals surface area contributed by atoms with Gasteiger partial charge in [-0.15, -0.1) is 0 Å². The Morgan fingerprint density at radius 1 is 1.15 bits per heavy atom. The first-order valence-electron chi connectivity index (χ1n) is 8.90. The SMILES string of the molecule is CC(C)c1ccc(NC(=O)[C@H]2CCN(S(C)(=O)=O)c3ccccc3O2)cc1. The smallest absolute Gasteiger partial charge is 0.265 e. The average molecular weight is 388 g/mol. The van der Waals surface area contributed by atoms with Crippen molar-refractivity contribution in [2.45, 2.75) is 32.3 Å². The number of fused-ring (bicyclic) bond motifs is 1. The maximum atomic E-state index is 12.7. The van der Waals surface area contributed by atoms with Crippen LogP contribution >= 0.6 is 0 Å². The van der Waals surface area contributed by atoms with Crippen molar-refractivity contribution in [2.24, 2.45) is 0 Å². The van der Waals surface area contributed by atoms with Crippen molar-refractivity contribution in [3.8, 4) is 5.75 Å². The average Bonchev–Trinajstić information content (AvgIpc) is 2.81. The van der Waals surface area contributed by atoms with E-state index in [-0.39, 0.29) is 18.9 Å². The Bertz CT molecular complexity index is 923. The maximum Gasteiger partial charge on any atom is 0.265 e. The van der Waals surface area contributed by atoms with Gasteiger partial charge in [0.1, 0.15) is 5.75 Å². The van der Waals surface area contributed by atoms with Crippen molar-refractivity contribution in [2.75, 3.05) is 22.4 Å². The molecule has 1 aliphatic rings. The van der Waals surface area contributed by atoms with Crippen LogP contribution in [0.2, 0.25) is 0 Å². The molecule has 3 rings (SSSR count). The summed E-state index contributed by atoms with van der Waals surface area (Å²) in [5.74, 6) is 0.506. The molecule has 1 amide bonds. The van der Waals surface area contributed by atoms with E-state index in [9.17, 15) is 13.2 Å². The van der Waals surface area contributed by atoms with E-state index < -0.39 is 16.1 Å². The summed E-state index contributed by atoms with van der Waals surface area (Å²) in [4.78, 5) is 12.7. The van der Waals surface area contributed by atoms with Crippen molar-refractivity contribution in [3.05, 3.63) is 54.1 Å². The van der Waals surface area contributed by atoms with E-state index in [4.69, 9.17) is 4.74 Å². The topological polar surface area (TPSA) is 75.7 Å². The van der Waals surface area contributed by atoms with E-state index in [1.54, 1.807) is 24.3 Å². The standard InChI is InChI=1S/C20H24N2O4S/c1-14(2)15-8-10-16(11-9-15)21-20(23)19-12-13-22(27(3,24)25)17-6-4-5-7-18(17)26-19/h4-11,14,19H,12-13H2,1-3H3,(H,21,23)/t19-/m1/s1.